The van der Waals surface area contributed by atoms with Crippen molar-refractivity contribution < 1.29 is 9.59 Å². The van der Waals surface area contributed by atoms with Crippen LogP contribution in [-0.2, 0) is 4.79 Å². The molecular formula is C23H25N3O2. The number of Topliss-reactive ketones (excluding diaryl/α,β-unsaturated/α-hetero) is 1. The number of aromatic nitrogens is 1. The Morgan fingerprint density at radius 2 is 1.71 bits per heavy atom. The fourth-order valence-corrected chi connectivity index (χ4v) is 4.00. The molecule has 0 unspecified atom stereocenters. The molecule has 5 heteroatoms. The monoisotopic (exact) mass is 375 g/mol. The van der Waals surface area contributed by atoms with Crippen molar-refractivity contribution in [3.05, 3.63) is 71.9 Å². The van der Waals surface area contributed by atoms with Gasteiger partial charge in [-0.15, -0.1) is 0 Å². The fraction of sp³-hybridized carbons (Fsp3) is 0.304. The second-order valence-electron chi connectivity index (χ2n) is 7.40. The number of amides is 1. The van der Waals surface area contributed by atoms with Gasteiger partial charge in [0.1, 0.15) is 0 Å². The van der Waals surface area contributed by atoms with E-state index in [4.69, 9.17) is 0 Å². The predicted molar refractivity (Wildman–Crippen MR) is 110 cm³/mol. The Kier molecular flexibility index (Phi) is 5.26. The Morgan fingerprint density at radius 1 is 1.04 bits per heavy atom. The van der Waals surface area contributed by atoms with Crippen LogP contribution in [0.2, 0.25) is 0 Å². The Morgan fingerprint density at radius 3 is 2.43 bits per heavy atom. The number of carbonyl (C=O) groups excluding carboxylic acids is 2. The number of para-hydroxylation sites is 1. The van der Waals surface area contributed by atoms with Crippen LogP contribution < -0.4 is 5.32 Å². The third-order valence-corrected chi connectivity index (χ3v) is 5.59. The zero-order valence-electron chi connectivity index (χ0n) is 16.0. The van der Waals surface area contributed by atoms with E-state index in [1.165, 1.54) is 0 Å². The average Bonchev–Trinajstić information content (AvgIpc) is 3.17. The first-order valence-electron chi connectivity index (χ1n) is 9.80. The molecule has 1 saturated heterocycles. The minimum atomic E-state index is -0.408. The lowest BCUT2D eigenvalue weighted by Crippen LogP contribution is -2.46. The largest absolute Gasteiger partial charge is 0.360 e. The summed E-state index contributed by atoms with van der Waals surface area (Å²) in [5, 5.41) is 4.53. The van der Waals surface area contributed by atoms with E-state index in [1.54, 1.807) is 6.92 Å². The average molecular weight is 375 g/mol. The summed E-state index contributed by atoms with van der Waals surface area (Å²) in [7, 11) is 0. The van der Waals surface area contributed by atoms with Crippen molar-refractivity contribution in [1.82, 2.24) is 15.2 Å². The zero-order valence-corrected chi connectivity index (χ0v) is 16.0. The number of ketones is 1. The van der Waals surface area contributed by atoms with Crippen LogP contribution in [0.5, 0.6) is 0 Å². The molecule has 28 heavy (non-hydrogen) atoms. The van der Waals surface area contributed by atoms with Gasteiger partial charge in [0.25, 0.3) is 0 Å². The molecule has 144 valence electrons. The van der Waals surface area contributed by atoms with Gasteiger partial charge in [-0.2, -0.15) is 0 Å². The van der Waals surface area contributed by atoms with Crippen molar-refractivity contribution in [3.8, 4) is 0 Å². The highest BCUT2D eigenvalue weighted by atomic mass is 16.2. The minimum absolute atomic E-state index is 0.0673. The lowest BCUT2D eigenvalue weighted by Gasteiger charge is -2.34. The summed E-state index contributed by atoms with van der Waals surface area (Å²) in [6.45, 7) is 3.08. The van der Waals surface area contributed by atoms with Crippen molar-refractivity contribution in [2.24, 2.45) is 0 Å². The fourth-order valence-electron chi connectivity index (χ4n) is 4.00. The molecule has 2 N–H and O–H groups in total. The summed E-state index contributed by atoms with van der Waals surface area (Å²) < 4.78 is 0. The first kappa shape index (κ1) is 18.4. The molecule has 1 aromatic heterocycles. The van der Waals surface area contributed by atoms with Gasteiger partial charge in [-0.05, 0) is 24.5 Å². The molecule has 0 saturated carbocycles. The number of likely N-dealkylation sites (tertiary alicyclic amines) is 1. The van der Waals surface area contributed by atoms with Gasteiger partial charge in [0.15, 0.2) is 5.78 Å². The first-order chi connectivity index (χ1) is 13.6. The molecule has 3 aromatic rings. The lowest BCUT2D eigenvalue weighted by atomic mass is 9.94. The predicted octanol–water partition coefficient (Wildman–Crippen LogP) is 3.69. The number of H-pyrrole nitrogens is 1. The molecule has 0 aliphatic carbocycles. The normalized spacial score (nSPS) is 16.2. The topological polar surface area (TPSA) is 65.2 Å². The minimum Gasteiger partial charge on any atom is -0.360 e. The highest BCUT2D eigenvalue weighted by Crippen LogP contribution is 2.26. The highest BCUT2D eigenvalue weighted by molar-refractivity contribution is 6.10. The van der Waals surface area contributed by atoms with Crippen LogP contribution in [0.3, 0.4) is 0 Å². The van der Waals surface area contributed by atoms with E-state index in [0.717, 1.165) is 42.4 Å². The summed E-state index contributed by atoms with van der Waals surface area (Å²) in [5.74, 6) is 0.186. The number of hydrogen-bond donors (Lipinski definition) is 2. The molecular weight excluding hydrogens is 350 g/mol. The van der Waals surface area contributed by atoms with Crippen LogP contribution in [0.1, 0.15) is 41.7 Å². The maximum Gasteiger partial charge on any atom is 0.219 e. The second-order valence-corrected chi connectivity index (χ2v) is 7.40. The summed E-state index contributed by atoms with van der Waals surface area (Å²) in [6, 6.07) is 17.5. The van der Waals surface area contributed by atoms with Crippen molar-refractivity contribution in [3.63, 3.8) is 0 Å². The van der Waals surface area contributed by atoms with Gasteiger partial charge in [-0.3, -0.25) is 9.59 Å². The van der Waals surface area contributed by atoms with Crippen LogP contribution >= 0.6 is 0 Å². The van der Waals surface area contributed by atoms with Crippen LogP contribution in [0.15, 0.2) is 60.8 Å². The molecule has 1 fully saturated rings. The number of hydrogen-bond acceptors (Lipinski definition) is 3. The highest BCUT2D eigenvalue weighted by Gasteiger charge is 2.29. The molecule has 4 rings (SSSR count). The van der Waals surface area contributed by atoms with E-state index in [0.29, 0.717) is 5.56 Å². The molecule has 1 amide bonds. The summed E-state index contributed by atoms with van der Waals surface area (Å²) in [6.07, 6.45) is 3.51. The number of nitrogens with zero attached hydrogens (tertiary/aromatic N) is 1. The maximum absolute atomic E-state index is 13.5. The number of carbonyl (C=O) groups is 2. The molecule has 0 radical (unpaired) electrons. The van der Waals surface area contributed by atoms with Gasteiger partial charge in [0, 0.05) is 48.7 Å². The third kappa shape index (κ3) is 3.71. The Bertz CT molecular complexity index is 972. The summed E-state index contributed by atoms with van der Waals surface area (Å²) in [5.41, 5.74) is 2.64. The number of benzene rings is 2. The van der Waals surface area contributed by atoms with Gasteiger partial charge < -0.3 is 15.2 Å². The number of fused-ring (bicyclic) bond motifs is 1. The summed E-state index contributed by atoms with van der Waals surface area (Å²) in [4.78, 5) is 30.2. The number of piperidine rings is 1. The van der Waals surface area contributed by atoms with E-state index in [9.17, 15) is 9.59 Å². The van der Waals surface area contributed by atoms with E-state index >= 15 is 0 Å². The molecule has 5 nitrogen and oxygen atoms in total. The van der Waals surface area contributed by atoms with Crippen LogP contribution in [-0.4, -0.2) is 40.7 Å². The first-order valence-corrected chi connectivity index (χ1v) is 9.80. The van der Waals surface area contributed by atoms with Crippen LogP contribution in [0, 0.1) is 0 Å². The molecule has 1 atom stereocenters. The van der Waals surface area contributed by atoms with E-state index in [-0.39, 0.29) is 17.7 Å². The SMILES string of the molecule is CC(=O)N1CCC(N[C@H](C(=O)c2c[nH]c3ccccc23)c2ccccc2)CC1. The van der Waals surface area contributed by atoms with Gasteiger partial charge in [-0.25, -0.2) is 0 Å². The van der Waals surface area contributed by atoms with Crippen molar-refractivity contribution >= 4 is 22.6 Å². The molecule has 0 spiro atoms. The standard InChI is InChI=1S/C23H25N3O2/c1-16(27)26-13-11-18(12-14-26)25-22(17-7-3-2-4-8-17)23(28)20-15-24-21-10-6-5-9-19(20)21/h2-10,15,18,22,24-25H,11-14H2,1H3/t22-/m0/s1. The lowest BCUT2D eigenvalue weighted by molar-refractivity contribution is -0.129. The summed E-state index contributed by atoms with van der Waals surface area (Å²) >= 11 is 0. The molecule has 1 aliphatic rings. The van der Waals surface area contributed by atoms with Crippen LogP contribution in [0.25, 0.3) is 10.9 Å². The van der Waals surface area contributed by atoms with E-state index in [1.807, 2.05) is 65.7 Å². The second kappa shape index (κ2) is 7.98. The zero-order chi connectivity index (χ0) is 19.5. The van der Waals surface area contributed by atoms with Crippen LogP contribution in [0.4, 0.5) is 0 Å². The number of rotatable bonds is 5. The van der Waals surface area contributed by atoms with Crippen molar-refractivity contribution in [1.29, 1.82) is 0 Å². The smallest absolute Gasteiger partial charge is 0.219 e. The molecule has 0 bridgehead atoms. The van der Waals surface area contributed by atoms with Gasteiger partial charge >= 0.3 is 0 Å². The Balaban J connectivity index is 1.60. The van der Waals surface area contributed by atoms with E-state index < -0.39 is 6.04 Å². The molecule has 2 aromatic carbocycles. The molecule has 1 aliphatic heterocycles. The Hall–Kier alpha value is -2.92. The maximum atomic E-state index is 13.5. The van der Waals surface area contributed by atoms with Gasteiger partial charge in [0.2, 0.25) is 5.91 Å². The quantitative estimate of drug-likeness (QED) is 0.669. The number of aromatic amines is 1. The van der Waals surface area contributed by atoms with Gasteiger partial charge in [-0.1, -0.05) is 48.5 Å². The third-order valence-electron chi connectivity index (χ3n) is 5.59. The Labute approximate surface area is 164 Å². The van der Waals surface area contributed by atoms with E-state index in [2.05, 4.69) is 10.3 Å². The van der Waals surface area contributed by atoms with Gasteiger partial charge in [0.05, 0.1) is 6.04 Å². The van der Waals surface area contributed by atoms with Crippen molar-refractivity contribution in [2.75, 3.05) is 13.1 Å². The number of nitrogens with one attached hydrogen (secondary N) is 2. The van der Waals surface area contributed by atoms with Crippen molar-refractivity contribution in [2.45, 2.75) is 31.8 Å². The molecule has 2 heterocycles.